The second-order valence-corrected chi connectivity index (χ2v) is 15.0. The van der Waals surface area contributed by atoms with E-state index < -0.39 is 0 Å². The smallest absolute Gasteiger partial charge is 0.167 e. The van der Waals surface area contributed by atoms with Crippen molar-refractivity contribution in [2.75, 3.05) is 0 Å². The largest absolute Gasteiger partial charge is 0.455 e. The quantitative estimate of drug-likeness (QED) is 0.171. The predicted octanol–water partition coefficient (Wildman–Crippen LogP) is 14.1. The van der Waals surface area contributed by atoms with E-state index in [9.17, 15) is 0 Å². The second kappa shape index (κ2) is 13.3. The summed E-state index contributed by atoms with van der Waals surface area (Å²) in [7, 11) is 0. The molecular formula is C51H31N3OS. The molecule has 0 aliphatic heterocycles. The summed E-state index contributed by atoms with van der Waals surface area (Å²) in [5, 5.41) is 4.61. The van der Waals surface area contributed by atoms with Gasteiger partial charge < -0.3 is 4.42 Å². The molecule has 262 valence electrons. The van der Waals surface area contributed by atoms with Crippen molar-refractivity contribution in [3.05, 3.63) is 188 Å². The summed E-state index contributed by atoms with van der Waals surface area (Å²) in [4.78, 5) is 15.3. The van der Waals surface area contributed by atoms with Crippen molar-refractivity contribution in [1.29, 1.82) is 0 Å². The normalized spacial score (nSPS) is 11.6. The summed E-state index contributed by atoms with van der Waals surface area (Å²) in [6, 6.07) is 65.6. The van der Waals surface area contributed by atoms with Crippen LogP contribution < -0.4 is 0 Å². The Morgan fingerprint density at radius 2 is 0.875 bits per heavy atom. The zero-order valence-electron chi connectivity index (χ0n) is 30.1. The Morgan fingerprint density at radius 3 is 1.55 bits per heavy atom. The van der Waals surface area contributed by atoms with Crippen molar-refractivity contribution < 1.29 is 4.42 Å². The third kappa shape index (κ3) is 5.48. The van der Waals surface area contributed by atoms with Gasteiger partial charge in [0.15, 0.2) is 17.5 Å². The van der Waals surface area contributed by atoms with Gasteiger partial charge in [-0.25, -0.2) is 15.0 Å². The van der Waals surface area contributed by atoms with E-state index in [1.54, 1.807) is 0 Å². The number of rotatable bonds is 6. The van der Waals surface area contributed by atoms with Gasteiger partial charge in [0.05, 0.1) is 5.56 Å². The van der Waals surface area contributed by atoms with E-state index >= 15 is 0 Å². The van der Waals surface area contributed by atoms with Crippen molar-refractivity contribution >= 4 is 53.4 Å². The van der Waals surface area contributed by atoms with Gasteiger partial charge in [0.25, 0.3) is 0 Å². The lowest BCUT2D eigenvalue weighted by Gasteiger charge is -2.11. The maximum absolute atomic E-state index is 7.21. The van der Waals surface area contributed by atoms with Gasteiger partial charge in [0.2, 0.25) is 0 Å². The molecule has 3 aromatic heterocycles. The van der Waals surface area contributed by atoms with Gasteiger partial charge in [0.1, 0.15) is 11.2 Å². The van der Waals surface area contributed by atoms with Gasteiger partial charge in [-0.1, -0.05) is 158 Å². The number of benzene rings is 8. The van der Waals surface area contributed by atoms with E-state index in [0.717, 1.165) is 72.0 Å². The third-order valence-corrected chi connectivity index (χ3v) is 11.7. The van der Waals surface area contributed by atoms with E-state index in [1.807, 2.05) is 72.0 Å². The Kier molecular flexibility index (Phi) is 7.64. The van der Waals surface area contributed by atoms with Crippen LogP contribution in [0.25, 0.3) is 110 Å². The average molecular weight is 734 g/mol. The number of aromatic nitrogens is 3. The van der Waals surface area contributed by atoms with Crippen molar-refractivity contribution in [2.45, 2.75) is 0 Å². The number of nitrogens with zero attached hydrogens (tertiary/aromatic N) is 3. The maximum Gasteiger partial charge on any atom is 0.167 e. The highest BCUT2D eigenvalue weighted by Gasteiger charge is 2.24. The molecule has 0 spiro atoms. The molecule has 0 unspecified atom stereocenters. The maximum atomic E-state index is 7.21. The van der Waals surface area contributed by atoms with Crippen molar-refractivity contribution in [2.24, 2.45) is 0 Å². The minimum Gasteiger partial charge on any atom is -0.455 e. The van der Waals surface area contributed by atoms with Gasteiger partial charge >= 0.3 is 0 Å². The van der Waals surface area contributed by atoms with Crippen LogP contribution in [0, 0.1) is 0 Å². The second-order valence-electron chi connectivity index (χ2n) is 13.9. The molecule has 0 N–H and O–H groups in total. The predicted molar refractivity (Wildman–Crippen MR) is 233 cm³/mol. The van der Waals surface area contributed by atoms with Crippen LogP contribution in [0.15, 0.2) is 192 Å². The molecule has 0 fully saturated rings. The summed E-state index contributed by atoms with van der Waals surface area (Å²) in [5.74, 6) is 1.77. The first kappa shape index (κ1) is 32.2. The van der Waals surface area contributed by atoms with Crippen LogP contribution in [0.5, 0.6) is 0 Å². The first-order valence-electron chi connectivity index (χ1n) is 18.7. The van der Waals surface area contributed by atoms with Crippen LogP contribution in [0.1, 0.15) is 0 Å². The Hall–Kier alpha value is -7.21. The van der Waals surface area contributed by atoms with Gasteiger partial charge in [-0.2, -0.15) is 0 Å². The molecule has 0 atom stereocenters. The molecule has 0 radical (unpaired) electrons. The Labute approximate surface area is 327 Å². The highest BCUT2D eigenvalue weighted by molar-refractivity contribution is 7.25. The molecule has 0 aliphatic rings. The standard InChI is InChI=1S/C51H31N3OS/c1-5-15-32(16-6-1)37-29-42(33-17-7-2-8-18-33)47-43(30-37)46-38(36-25-26-40-39-23-13-14-24-44(39)56-45(40)31-36)27-28-41(48(46)55-47)51-53-49(34-19-9-3-10-20-34)52-50(54-51)35-21-11-4-12-22-35/h1-31H. The first-order valence-corrected chi connectivity index (χ1v) is 19.5. The van der Waals surface area contributed by atoms with Crippen molar-refractivity contribution in [3.8, 4) is 67.5 Å². The first-order chi connectivity index (χ1) is 27.7. The van der Waals surface area contributed by atoms with Gasteiger partial charge in [0, 0.05) is 47.6 Å². The fourth-order valence-corrected chi connectivity index (χ4v) is 9.00. The molecular weight excluding hydrogens is 703 g/mol. The summed E-state index contributed by atoms with van der Waals surface area (Å²) >= 11 is 1.83. The molecule has 3 heterocycles. The van der Waals surface area contributed by atoms with E-state index in [4.69, 9.17) is 19.4 Å². The zero-order valence-corrected chi connectivity index (χ0v) is 30.9. The molecule has 0 saturated carbocycles. The molecule has 56 heavy (non-hydrogen) atoms. The lowest BCUT2D eigenvalue weighted by molar-refractivity contribution is 0.670. The van der Waals surface area contributed by atoms with Crippen LogP contribution in [0.4, 0.5) is 0 Å². The van der Waals surface area contributed by atoms with Crippen LogP contribution >= 0.6 is 11.3 Å². The highest BCUT2D eigenvalue weighted by Crippen LogP contribution is 2.47. The van der Waals surface area contributed by atoms with Gasteiger partial charge in [-0.3, -0.25) is 0 Å². The van der Waals surface area contributed by atoms with Crippen LogP contribution in [0.2, 0.25) is 0 Å². The molecule has 11 rings (SSSR count). The molecule has 0 aliphatic carbocycles. The lowest BCUT2D eigenvalue weighted by Crippen LogP contribution is -2.00. The Bertz CT molecular complexity index is 3170. The number of hydrogen-bond donors (Lipinski definition) is 0. The number of furan rings is 1. The molecule has 4 nitrogen and oxygen atoms in total. The van der Waals surface area contributed by atoms with Gasteiger partial charge in [-0.05, 0) is 58.1 Å². The monoisotopic (exact) mass is 733 g/mol. The van der Waals surface area contributed by atoms with E-state index in [1.165, 1.54) is 20.2 Å². The highest BCUT2D eigenvalue weighted by atomic mass is 32.1. The fourth-order valence-electron chi connectivity index (χ4n) is 7.85. The average Bonchev–Trinajstić information content (AvgIpc) is 3.85. The van der Waals surface area contributed by atoms with Crippen LogP contribution in [0.3, 0.4) is 0 Å². The van der Waals surface area contributed by atoms with Crippen molar-refractivity contribution in [3.63, 3.8) is 0 Å². The molecule has 0 amide bonds. The number of fused-ring (bicyclic) bond motifs is 6. The SMILES string of the molecule is c1ccc(-c2cc(-c3ccccc3)c3oc4c(-c5nc(-c6ccccc6)nc(-c6ccccc6)n5)ccc(-c5ccc6c(c5)sc5ccccc56)c4c3c2)cc1. The molecule has 11 aromatic rings. The number of hydrogen-bond acceptors (Lipinski definition) is 5. The van der Waals surface area contributed by atoms with E-state index in [0.29, 0.717) is 17.5 Å². The number of thiophene rings is 1. The summed E-state index contributed by atoms with van der Waals surface area (Å²) < 4.78 is 9.74. The Balaban J connectivity index is 1.24. The molecule has 0 saturated heterocycles. The summed E-state index contributed by atoms with van der Waals surface area (Å²) in [5.41, 5.74) is 10.8. The molecule has 8 aromatic carbocycles. The van der Waals surface area contributed by atoms with Crippen molar-refractivity contribution in [1.82, 2.24) is 15.0 Å². The minimum atomic E-state index is 0.554. The molecule has 0 bridgehead atoms. The third-order valence-electron chi connectivity index (χ3n) is 10.5. The summed E-state index contributed by atoms with van der Waals surface area (Å²) in [6.45, 7) is 0. The van der Waals surface area contributed by atoms with Gasteiger partial charge in [-0.15, -0.1) is 11.3 Å². The zero-order chi connectivity index (χ0) is 37.0. The molecule has 5 heteroatoms. The van der Waals surface area contributed by atoms with E-state index in [2.05, 4.69) is 127 Å². The topological polar surface area (TPSA) is 51.8 Å². The lowest BCUT2D eigenvalue weighted by atomic mass is 9.92. The van der Waals surface area contributed by atoms with Crippen LogP contribution in [-0.2, 0) is 0 Å². The van der Waals surface area contributed by atoms with Crippen LogP contribution in [-0.4, -0.2) is 15.0 Å². The Morgan fingerprint density at radius 1 is 0.321 bits per heavy atom. The van der Waals surface area contributed by atoms with E-state index in [-0.39, 0.29) is 0 Å². The minimum absolute atomic E-state index is 0.554. The fraction of sp³-hybridized carbons (Fsp3) is 0. The summed E-state index contributed by atoms with van der Waals surface area (Å²) in [6.07, 6.45) is 0.